The predicted octanol–water partition coefficient (Wildman–Crippen LogP) is -1.12. The van der Waals surface area contributed by atoms with Crippen LogP contribution in [0.5, 0.6) is 0 Å². The molecule has 1 rings (SSSR count). The molecule has 3 N–H and O–H groups in total. The first-order valence-electron chi connectivity index (χ1n) is 4.93. The molecule has 0 aromatic heterocycles. The maximum Gasteiger partial charge on any atom is 0.0493 e. The first-order valence-corrected chi connectivity index (χ1v) is 4.93. The van der Waals surface area contributed by atoms with E-state index in [0.29, 0.717) is 6.04 Å². The van der Waals surface area contributed by atoms with Crippen molar-refractivity contribution >= 4 is 0 Å². The molecule has 4 heteroatoms. The molecule has 0 radical (unpaired) electrons. The molecule has 0 aromatic rings. The normalized spacial score (nSPS) is 25.4. The van der Waals surface area contributed by atoms with E-state index in [9.17, 15) is 0 Å². The fraction of sp³-hybridized carbons (Fsp3) is 1.00. The molecule has 0 spiro atoms. The van der Waals surface area contributed by atoms with E-state index >= 15 is 0 Å². The zero-order valence-electron chi connectivity index (χ0n) is 8.24. The quantitative estimate of drug-likeness (QED) is 0.523. The SMILES string of the molecule is CC1CN(CC(CO)CO)CCN1. The van der Waals surface area contributed by atoms with Gasteiger partial charge in [0.25, 0.3) is 0 Å². The van der Waals surface area contributed by atoms with Gasteiger partial charge in [-0.2, -0.15) is 0 Å². The Labute approximate surface area is 79.6 Å². The van der Waals surface area contributed by atoms with Gasteiger partial charge in [-0.3, -0.25) is 0 Å². The van der Waals surface area contributed by atoms with E-state index in [4.69, 9.17) is 10.2 Å². The predicted molar refractivity (Wildman–Crippen MR) is 51.6 cm³/mol. The molecule has 0 amide bonds. The molecule has 1 heterocycles. The van der Waals surface area contributed by atoms with Crippen LogP contribution in [-0.4, -0.2) is 60.5 Å². The van der Waals surface area contributed by atoms with Crippen molar-refractivity contribution in [2.75, 3.05) is 39.4 Å². The highest BCUT2D eigenvalue weighted by molar-refractivity contribution is 4.76. The number of rotatable bonds is 4. The number of aliphatic hydroxyl groups is 2. The number of hydrogen-bond acceptors (Lipinski definition) is 4. The first kappa shape index (κ1) is 10.9. The Morgan fingerprint density at radius 2 is 2.15 bits per heavy atom. The lowest BCUT2D eigenvalue weighted by Crippen LogP contribution is -2.50. The second kappa shape index (κ2) is 5.54. The maximum atomic E-state index is 8.92. The molecule has 1 unspecified atom stereocenters. The number of nitrogens with one attached hydrogen (secondary N) is 1. The Kier molecular flexibility index (Phi) is 4.66. The third-order valence-corrected chi connectivity index (χ3v) is 2.49. The Morgan fingerprint density at radius 3 is 2.69 bits per heavy atom. The lowest BCUT2D eigenvalue weighted by atomic mass is 10.1. The van der Waals surface area contributed by atoms with Gasteiger partial charge in [0.15, 0.2) is 0 Å². The van der Waals surface area contributed by atoms with Crippen LogP contribution in [0.25, 0.3) is 0 Å². The molecule has 13 heavy (non-hydrogen) atoms. The van der Waals surface area contributed by atoms with E-state index in [1.165, 1.54) is 0 Å². The van der Waals surface area contributed by atoms with Gasteiger partial charge < -0.3 is 20.4 Å². The van der Waals surface area contributed by atoms with Crippen LogP contribution < -0.4 is 5.32 Å². The minimum absolute atomic E-state index is 0.0188. The van der Waals surface area contributed by atoms with Gasteiger partial charge in [0.05, 0.1) is 0 Å². The smallest absolute Gasteiger partial charge is 0.0493 e. The molecule has 1 aliphatic rings. The molecule has 1 atom stereocenters. The zero-order chi connectivity index (χ0) is 9.68. The third kappa shape index (κ3) is 3.60. The molecule has 78 valence electrons. The highest BCUT2D eigenvalue weighted by atomic mass is 16.3. The van der Waals surface area contributed by atoms with Gasteiger partial charge in [0, 0.05) is 51.4 Å². The van der Waals surface area contributed by atoms with Gasteiger partial charge in [-0.25, -0.2) is 0 Å². The molecular formula is C9H20N2O2. The van der Waals surface area contributed by atoms with Crippen LogP contribution in [-0.2, 0) is 0 Å². The third-order valence-electron chi connectivity index (χ3n) is 2.49. The Hall–Kier alpha value is -0.160. The topological polar surface area (TPSA) is 55.7 Å². The van der Waals surface area contributed by atoms with Gasteiger partial charge in [-0.05, 0) is 6.92 Å². The summed E-state index contributed by atoms with van der Waals surface area (Å²) < 4.78 is 0. The lowest BCUT2D eigenvalue weighted by Gasteiger charge is -2.33. The molecule has 0 aliphatic carbocycles. The molecule has 0 bridgehead atoms. The minimum atomic E-state index is 0.0188. The van der Waals surface area contributed by atoms with Crippen LogP contribution >= 0.6 is 0 Å². The van der Waals surface area contributed by atoms with Crippen LogP contribution in [0.15, 0.2) is 0 Å². The summed E-state index contributed by atoms with van der Waals surface area (Å²) >= 11 is 0. The summed E-state index contributed by atoms with van der Waals surface area (Å²) in [6.45, 7) is 6.14. The summed E-state index contributed by atoms with van der Waals surface area (Å²) in [7, 11) is 0. The van der Waals surface area contributed by atoms with Crippen molar-refractivity contribution in [2.24, 2.45) is 5.92 Å². The summed E-state index contributed by atoms with van der Waals surface area (Å²) in [5.74, 6) is 0.0188. The lowest BCUT2D eigenvalue weighted by molar-refractivity contribution is 0.0967. The van der Waals surface area contributed by atoms with Gasteiger partial charge in [0.2, 0.25) is 0 Å². The summed E-state index contributed by atoms with van der Waals surface area (Å²) in [6, 6.07) is 0.520. The molecular weight excluding hydrogens is 168 g/mol. The van der Waals surface area contributed by atoms with Crippen LogP contribution in [0.2, 0.25) is 0 Å². The second-order valence-electron chi connectivity index (χ2n) is 3.85. The van der Waals surface area contributed by atoms with Crippen molar-refractivity contribution in [2.45, 2.75) is 13.0 Å². The van der Waals surface area contributed by atoms with E-state index < -0.39 is 0 Å². The molecule has 0 aromatic carbocycles. The zero-order valence-corrected chi connectivity index (χ0v) is 8.24. The molecule has 1 fully saturated rings. The number of nitrogens with zero attached hydrogens (tertiary/aromatic N) is 1. The first-order chi connectivity index (χ1) is 6.26. The average Bonchev–Trinajstić information content (AvgIpc) is 2.14. The Balaban J connectivity index is 2.26. The van der Waals surface area contributed by atoms with E-state index in [-0.39, 0.29) is 19.1 Å². The molecule has 0 saturated carbocycles. The molecule has 4 nitrogen and oxygen atoms in total. The van der Waals surface area contributed by atoms with E-state index in [1.54, 1.807) is 0 Å². The van der Waals surface area contributed by atoms with Gasteiger partial charge in [-0.15, -0.1) is 0 Å². The summed E-state index contributed by atoms with van der Waals surface area (Å²) in [5.41, 5.74) is 0. The van der Waals surface area contributed by atoms with E-state index in [2.05, 4.69) is 17.1 Å². The average molecular weight is 188 g/mol. The molecule has 1 saturated heterocycles. The van der Waals surface area contributed by atoms with Gasteiger partial charge >= 0.3 is 0 Å². The van der Waals surface area contributed by atoms with E-state index in [0.717, 1.165) is 26.2 Å². The highest BCUT2D eigenvalue weighted by Crippen LogP contribution is 2.03. The summed E-state index contributed by atoms with van der Waals surface area (Å²) in [4.78, 5) is 2.29. The van der Waals surface area contributed by atoms with Gasteiger partial charge in [0.1, 0.15) is 0 Å². The van der Waals surface area contributed by atoms with Crippen molar-refractivity contribution in [3.8, 4) is 0 Å². The largest absolute Gasteiger partial charge is 0.396 e. The van der Waals surface area contributed by atoms with Crippen molar-refractivity contribution in [1.29, 1.82) is 0 Å². The minimum Gasteiger partial charge on any atom is -0.396 e. The highest BCUT2D eigenvalue weighted by Gasteiger charge is 2.18. The fourth-order valence-electron chi connectivity index (χ4n) is 1.72. The van der Waals surface area contributed by atoms with Crippen LogP contribution in [0, 0.1) is 5.92 Å². The van der Waals surface area contributed by atoms with Crippen LogP contribution in [0.1, 0.15) is 6.92 Å². The fourth-order valence-corrected chi connectivity index (χ4v) is 1.72. The molecule has 1 aliphatic heterocycles. The van der Waals surface area contributed by atoms with Crippen LogP contribution in [0.3, 0.4) is 0 Å². The van der Waals surface area contributed by atoms with E-state index in [1.807, 2.05) is 0 Å². The summed E-state index contributed by atoms with van der Waals surface area (Å²) in [5, 5.41) is 21.2. The Morgan fingerprint density at radius 1 is 1.46 bits per heavy atom. The monoisotopic (exact) mass is 188 g/mol. The Bertz CT molecular complexity index is 140. The number of piperazine rings is 1. The van der Waals surface area contributed by atoms with Crippen LogP contribution in [0.4, 0.5) is 0 Å². The van der Waals surface area contributed by atoms with Crippen molar-refractivity contribution in [3.63, 3.8) is 0 Å². The number of hydrogen-bond donors (Lipinski definition) is 3. The van der Waals surface area contributed by atoms with Crippen molar-refractivity contribution in [1.82, 2.24) is 10.2 Å². The second-order valence-corrected chi connectivity index (χ2v) is 3.85. The van der Waals surface area contributed by atoms with Gasteiger partial charge in [-0.1, -0.05) is 0 Å². The van der Waals surface area contributed by atoms with Crippen molar-refractivity contribution < 1.29 is 10.2 Å². The standard InChI is InChI=1S/C9H20N2O2/c1-8-4-11(3-2-10-8)5-9(6-12)7-13/h8-10,12-13H,2-7H2,1H3. The summed E-state index contributed by atoms with van der Waals surface area (Å²) in [6.07, 6.45) is 0. The van der Waals surface area contributed by atoms with Crippen molar-refractivity contribution in [3.05, 3.63) is 0 Å². The number of aliphatic hydroxyl groups excluding tert-OH is 2. The maximum absolute atomic E-state index is 8.92.